The van der Waals surface area contributed by atoms with Crippen molar-refractivity contribution in [2.75, 3.05) is 0 Å². The van der Waals surface area contributed by atoms with Gasteiger partial charge in [-0.25, -0.2) is 4.79 Å². The zero-order valence-corrected chi connectivity index (χ0v) is 16.3. The predicted molar refractivity (Wildman–Crippen MR) is 108 cm³/mol. The molecule has 1 aliphatic heterocycles. The van der Waals surface area contributed by atoms with Crippen LogP contribution in [0.15, 0.2) is 47.1 Å². The smallest absolute Gasteiger partial charge is 0.325 e. The highest BCUT2D eigenvalue weighted by atomic mass is 16.3. The lowest BCUT2D eigenvalue weighted by Crippen LogP contribution is -2.38. The van der Waals surface area contributed by atoms with Crippen LogP contribution < -0.4 is 10.6 Å². The number of rotatable bonds is 5. The number of furan rings is 1. The number of urea groups is 1. The van der Waals surface area contributed by atoms with E-state index >= 15 is 0 Å². The highest BCUT2D eigenvalue weighted by molar-refractivity contribution is 6.05. The number of imide groups is 1. The number of fused-ring (bicyclic) bond motifs is 3. The maximum absolute atomic E-state index is 12.7. The maximum Gasteiger partial charge on any atom is 0.325 e. The molecule has 3 aromatic rings. The summed E-state index contributed by atoms with van der Waals surface area (Å²) < 4.78 is 5.21. The van der Waals surface area contributed by atoms with Crippen molar-refractivity contribution in [3.8, 4) is 0 Å². The normalized spacial score (nSPS) is 21.0. The number of nitrogens with one attached hydrogen (secondary N) is 3. The second-order valence-electron chi connectivity index (χ2n) is 7.79. The number of amides is 4. The van der Waals surface area contributed by atoms with Crippen molar-refractivity contribution >= 4 is 28.7 Å². The van der Waals surface area contributed by atoms with Gasteiger partial charge in [0.05, 0.1) is 25.3 Å². The molecule has 8 nitrogen and oxygen atoms in total. The molecule has 1 unspecified atom stereocenters. The summed E-state index contributed by atoms with van der Waals surface area (Å²) in [6.45, 7) is 0.0524. The van der Waals surface area contributed by atoms with E-state index < -0.39 is 18.0 Å². The summed E-state index contributed by atoms with van der Waals surface area (Å²) in [7, 11) is 0. The molecular formula is C22H22N4O4. The molecule has 154 valence electrons. The van der Waals surface area contributed by atoms with E-state index in [-0.39, 0.29) is 24.9 Å². The number of para-hydroxylation sites is 1. The minimum atomic E-state index is -0.863. The van der Waals surface area contributed by atoms with Gasteiger partial charge in [-0.05, 0) is 43.0 Å². The van der Waals surface area contributed by atoms with Crippen LogP contribution in [0.1, 0.15) is 42.3 Å². The van der Waals surface area contributed by atoms with Gasteiger partial charge in [-0.3, -0.25) is 14.5 Å². The molecule has 5 rings (SSSR count). The molecule has 0 saturated carbocycles. The summed E-state index contributed by atoms with van der Waals surface area (Å²) in [5.74, 6) is -0.163. The molecule has 0 bridgehead atoms. The van der Waals surface area contributed by atoms with E-state index in [4.69, 9.17) is 4.42 Å². The third kappa shape index (κ3) is 3.24. The SMILES string of the molecule is O=C(C[C@@H]1NC(=O)N(Cc2ccco2)C1=O)NC1CCCc2c1[nH]c1ccccc21. The second-order valence-corrected chi connectivity index (χ2v) is 7.79. The monoisotopic (exact) mass is 406 g/mol. The number of carbonyl (C=O) groups is 3. The van der Waals surface area contributed by atoms with E-state index in [0.717, 1.165) is 35.4 Å². The van der Waals surface area contributed by atoms with Crippen molar-refractivity contribution in [3.63, 3.8) is 0 Å². The first-order chi connectivity index (χ1) is 14.6. The Morgan fingerprint density at radius 1 is 1.20 bits per heavy atom. The quantitative estimate of drug-likeness (QED) is 0.566. The molecule has 3 N–H and O–H groups in total. The van der Waals surface area contributed by atoms with E-state index in [2.05, 4.69) is 21.7 Å². The number of aromatic amines is 1. The molecule has 2 aliphatic rings. The number of carbonyl (C=O) groups excluding carboxylic acids is 3. The lowest BCUT2D eigenvalue weighted by molar-refractivity contribution is -0.131. The van der Waals surface area contributed by atoms with E-state index in [1.165, 1.54) is 17.2 Å². The molecule has 1 aromatic carbocycles. The fourth-order valence-electron chi connectivity index (χ4n) is 4.42. The van der Waals surface area contributed by atoms with Crippen LogP contribution in [-0.4, -0.2) is 33.8 Å². The summed E-state index contributed by atoms with van der Waals surface area (Å²) in [5, 5.41) is 6.84. The average molecular weight is 406 g/mol. The zero-order chi connectivity index (χ0) is 20.7. The Hall–Kier alpha value is -3.55. The molecule has 1 saturated heterocycles. The number of H-pyrrole nitrogens is 1. The van der Waals surface area contributed by atoms with Crippen LogP contribution in [0.25, 0.3) is 10.9 Å². The third-order valence-electron chi connectivity index (χ3n) is 5.84. The highest BCUT2D eigenvalue weighted by Gasteiger charge is 2.39. The minimum Gasteiger partial charge on any atom is -0.467 e. The van der Waals surface area contributed by atoms with Crippen LogP contribution in [0, 0.1) is 0 Å². The Morgan fingerprint density at radius 2 is 2.07 bits per heavy atom. The topological polar surface area (TPSA) is 107 Å². The summed E-state index contributed by atoms with van der Waals surface area (Å²) in [6, 6.07) is 10.0. The van der Waals surface area contributed by atoms with Crippen molar-refractivity contribution in [1.29, 1.82) is 0 Å². The molecule has 0 spiro atoms. The number of aromatic nitrogens is 1. The number of nitrogens with zero attached hydrogens (tertiary/aromatic N) is 1. The van der Waals surface area contributed by atoms with Gasteiger partial charge in [0.2, 0.25) is 5.91 Å². The van der Waals surface area contributed by atoms with Crippen LogP contribution >= 0.6 is 0 Å². The fraction of sp³-hybridized carbons (Fsp3) is 0.318. The summed E-state index contributed by atoms with van der Waals surface area (Å²) in [5.41, 5.74) is 3.35. The fourth-order valence-corrected chi connectivity index (χ4v) is 4.42. The Labute approximate surface area is 172 Å². The molecule has 0 radical (unpaired) electrons. The van der Waals surface area contributed by atoms with Crippen LogP contribution in [-0.2, 0) is 22.6 Å². The number of hydrogen-bond donors (Lipinski definition) is 3. The molecule has 1 fully saturated rings. The molecule has 1 aliphatic carbocycles. The Kier molecular flexibility index (Phi) is 4.54. The van der Waals surface area contributed by atoms with E-state index in [9.17, 15) is 14.4 Å². The molecule has 30 heavy (non-hydrogen) atoms. The molecule has 4 amide bonds. The Balaban J connectivity index is 1.26. The van der Waals surface area contributed by atoms with Gasteiger partial charge in [0.15, 0.2) is 0 Å². The van der Waals surface area contributed by atoms with Gasteiger partial charge in [-0.1, -0.05) is 18.2 Å². The molecule has 8 heteroatoms. The van der Waals surface area contributed by atoms with Crippen molar-refractivity contribution in [2.45, 2.75) is 44.3 Å². The molecule has 3 heterocycles. The van der Waals surface area contributed by atoms with E-state index in [1.807, 2.05) is 18.2 Å². The molecular weight excluding hydrogens is 384 g/mol. The first-order valence-electron chi connectivity index (χ1n) is 10.1. The standard InChI is InChI=1S/C22H22N4O4/c27-19(11-18-21(28)26(22(29)25-18)12-13-5-4-10-30-13)23-17-9-3-7-15-14-6-1-2-8-16(14)24-20(15)17/h1-2,4-6,8,10,17-18,24H,3,7,9,11-12H2,(H,23,27)(H,25,29)/t17?,18-/m0/s1. The Bertz CT molecular complexity index is 1120. The van der Waals surface area contributed by atoms with Gasteiger partial charge < -0.3 is 20.0 Å². The maximum atomic E-state index is 12.7. The average Bonchev–Trinajstić information content (AvgIpc) is 3.44. The van der Waals surface area contributed by atoms with Gasteiger partial charge in [-0.2, -0.15) is 0 Å². The van der Waals surface area contributed by atoms with Crippen molar-refractivity contribution in [1.82, 2.24) is 20.5 Å². The first kappa shape index (κ1) is 18.5. The first-order valence-corrected chi connectivity index (χ1v) is 10.1. The summed E-state index contributed by atoms with van der Waals surface area (Å²) in [4.78, 5) is 42.0. The van der Waals surface area contributed by atoms with Crippen LogP contribution in [0.3, 0.4) is 0 Å². The number of aryl methyl sites for hydroxylation is 1. The van der Waals surface area contributed by atoms with Crippen molar-refractivity contribution < 1.29 is 18.8 Å². The van der Waals surface area contributed by atoms with Crippen molar-refractivity contribution in [2.24, 2.45) is 0 Å². The molecule has 2 atom stereocenters. The molecule has 2 aromatic heterocycles. The number of hydrogen-bond acceptors (Lipinski definition) is 4. The third-order valence-corrected chi connectivity index (χ3v) is 5.84. The van der Waals surface area contributed by atoms with Crippen LogP contribution in [0.4, 0.5) is 4.79 Å². The van der Waals surface area contributed by atoms with Gasteiger partial charge >= 0.3 is 6.03 Å². The lowest BCUT2D eigenvalue weighted by atomic mass is 9.91. The van der Waals surface area contributed by atoms with E-state index in [0.29, 0.717) is 5.76 Å². The van der Waals surface area contributed by atoms with Gasteiger partial charge in [0.25, 0.3) is 5.91 Å². The zero-order valence-electron chi connectivity index (χ0n) is 16.3. The number of benzene rings is 1. The van der Waals surface area contributed by atoms with Gasteiger partial charge in [0.1, 0.15) is 11.8 Å². The lowest BCUT2D eigenvalue weighted by Gasteiger charge is -2.24. The van der Waals surface area contributed by atoms with Gasteiger partial charge in [-0.15, -0.1) is 0 Å². The summed E-state index contributed by atoms with van der Waals surface area (Å²) >= 11 is 0. The summed E-state index contributed by atoms with van der Waals surface area (Å²) in [6.07, 6.45) is 4.19. The second kappa shape index (κ2) is 7.37. The van der Waals surface area contributed by atoms with Crippen molar-refractivity contribution in [3.05, 3.63) is 59.7 Å². The highest BCUT2D eigenvalue weighted by Crippen LogP contribution is 2.34. The minimum absolute atomic E-state index is 0.0524. The van der Waals surface area contributed by atoms with E-state index in [1.54, 1.807) is 12.1 Å². The van der Waals surface area contributed by atoms with Crippen LogP contribution in [0.5, 0.6) is 0 Å². The van der Waals surface area contributed by atoms with Crippen LogP contribution in [0.2, 0.25) is 0 Å². The largest absolute Gasteiger partial charge is 0.467 e. The predicted octanol–water partition coefficient (Wildman–Crippen LogP) is 2.77. The Morgan fingerprint density at radius 3 is 2.90 bits per heavy atom. The van der Waals surface area contributed by atoms with Gasteiger partial charge in [0, 0.05) is 16.6 Å².